The highest BCUT2D eigenvalue weighted by Gasteiger charge is 2.10. The number of hydrogen-bond acceptors (Lipinski definition) is 4. The van der Waals surface area contributed by atoms with E-state index < -0.39 is 0 Å². The maximum Gasteiger partial charge on any atom is 0.121 e. The summed E-state index contributed by atoms with van der Waals surface area (Å²) >= 11 is 5.34. The Morgan fingerprint density at radius 3 is 2.72 bits per heavy atom. The Bertz CT molecular complexity index is 595. The van der Waals surface area contributed by atoms with Gasteiger partial charge in [0.2, 0.25) is 0 Å². The van der Waals surface area contributed by atoms with E-state index >= 15 is 0 Å². The number of phenols is 1. The zero-order chi connectivity index (χ0) is 13.1. The Kier molecular flexibility index (Phi) is 4.54. The standard InChI is InChI=1S/C14H16OS3/c1-3-4-5-10-7-11(6-9(2)13(10)15)12-8-17-18-14(12)16/h6-8,15H,3-5H2,1-2H3. The molecule has 18 heavy (non-hydrogen) atoms. The van der Waals surface area contributed by atoms with Crippen LogP contribution >= 0.6 is 32.9 Å². The predicted octanol–water partition coefficient (Wildman–Crippen LogP) is 5.56. The first-order chi connectivity index (χ1) is 8.63. The SMILES string of the molecule is CCCCc1cc(-c2cssc2=S)cc(C)c1O. The number of phenolic OH excluding ortho intramolecular Hbond substituents is 1. The van der Waals surface area contributed by atoms with E-state index in [9.17, 15) is 5.11 Å². The summed E-state index contributed by atoms with van der Waals surface area (Å²) in [4.78, 5) is 0. The van der Waals surface area contributed by atoms with E-state index in [1.165, 1.54) is 0 Å². The van der Waals surface area contributed by atoms with Crippen LogP contribution in [0.5, 0.6) is 5.75 Å². The Morgan fingerprint density at radius 2 is 2.11 bits per heavy atom. The topological polar surface area (TPSA) is 20.2 Å². The molecule has 1 aromatic heterocycles. The summed E-state index contributed by atoms with van der Waals surface area (Å²) in [5, 5.41) is 12.2. The number of hydrogen-bond donors (Lipinski definition) is 1. The van der Waals surface area contributed by atoms with Gasteiger partial charge in [-0.3, -0.25) is 0 Å². The van der Waals surface area contributed by atoms with Gasteiger partial charge in [0.05, 0.1) is 0 Å². The molecular formula is C14H16OS3. The van der Waals surface area contributed by atoms with Gasteiger partial charge in [0.1, 0.15) is 9.57 Å². The van der Waals surface area contributed by atoms with Crippen molar-refractivity contribution in [2.45, 2.75) is 33.1 Å². The van der Waals surface area contributed by atoms with E-state index in [2.05, 4.69) is 18.4 Å². The Balaban J connectivity index is 2.47. The normalized spacial score (nSPS) is 10.8. The lowest BCUT2D eigenvalue weighted by molar-refractivity contribution is 0.463. The molecule has 1 heterocycles. The fourth-order valence-corrected chi connectivity index (χ4v) is 4.36. The van der Waals surface area contributed by atoms with Gasteiger partial charge < -0.3 is 5.11 Å². The van der Waals surface area contributed by atoms with Crippen LogP contribution in [-0.4, -0.2) is 5.11 Å². The quantitative estimate of drug-likeness (QED) is 0.588. The van der Waals surface area contributed by atoms with Crippen molar-refractivity contribution in [3.8, 4) is 16.9 Å². The Morgan fingerprint density at radius 1 is 1.33 bits per heavy atom. The molecule has 0 spiro atoms. The van der Waals surface area contributed by atoms with Crippen LogP contribution in [-0.2, 0) is 6.42 Å². The molecule has 0 fully saturated rings. The fourth-order valence-electron chi connectivity index (χ4n) is 1.96. The van der Waals surface area contributed by atoms with Crippen LogP contribution in [0.3, 0.4) is 0 Å². The second-order valence-corrected chi connectivity index (χ2v) is 7.15. The lowest BCUT2D eigenvalue weighted by Gasteiger charge is -2.10. The molecule has 0 saturated carbocycles. The van der Waals surface area contributed by atoms with Crippen LogP contribution in [0.4, 0.5) is 0 Å². The fraction of sp³-hybridized carbons (Fsp3) is 0.357. The van der Waals surface area contributed by atoms with Crippen LogP contribution < -0.4 is 0 Å². The molecule has 4 heteroatoms. The maximum absolute atomic E-state index is 10.1. The molecule has 1 N–H and O–H groups in total. The van der Waals surface area contributed by atoms with Crippen molar-refractivity contribution < 1.29 is 5.11 Å². The van der Waals surface area contributed by atoms with Crippen LogP contribution in [0.1, 0.15) is 30.9 Å². The number of aromatic hydroxyl groups is 1. The molecule has 0 amide bonds. The molecule has 0 aliphatic heterocycles. The molecule has 2 rings (SSSR count). The van der Waals surface area contributed by atoms with Gasteiger partial charge in [0.25, 0.3) is 0 Å². The Hall–Kier alpha value is -0.710. The largest absolute Gasteiger partial charge is 0.507 e. The molecule has 96 valence electrons. The summed E-state index contributed by atoms with van der Waals surface area (Å²) in [5.74, 6) is 0.442. The van der Waals surface area contributed by atoms with E-state index in [4.69, 9.17) is 12.2 Å². The second-order valence-electron chi connectivity index (χ2n) is 4.40. The van der Waals surface area contributed by atoms with E-state index in [1.807, 2.05) is 13.0 Å². The van der Waals surface area contributed by atoms with Crippen molar-refractivity contribution in [1.82, 2.24) is 0 Å². The van der Waals surface area contributed by atoms with E-state index in [1.54, 1.807) is 20.7 Å². The van der Waals surface area contributed by atoms with E-state index in [-0.39, 0.29) is 0 Å². The highest BCUT2D eigenvalue weighted by atomic mass is 32.9. The monoisotopic (exact) mass is 296 g/mol. The lowest BCUT2D eigenvalue weighted by atomic mass is 9.98. The number of rotatable bonds is 4. The first-order valence-corrected chi connectivity index (χ1v) is 8.66. The highest BCUT2D eigenvalue weighted by Crippen LogP contribution is 2.34. The van der Waals surface area contributed by atoms with Crippen LogP contribution in [0.2, 0.25) is 0 Å². The van der Waals surface area contributed by atoms with Gasteiger partial charge >= 0.3 is 0 Å². The summed E-state index contributed by atoms with van der Waals surface area (Å²) in [7, 11) is 3.30. The van der Waals surface area contributed by atoms with Crippen LogP contribution in [0, 0.1) is 10.7 Å². The molecule has 0 aliphatic carbocycles. The average molecular weight is 296 g/mol. The number of aryl methyl sites for hydroxylation is 2. The van der Waals surface area contributed by atoms with Gasteiger partial charge in [-0.15, -0.1) is 0 Å². The molecular weight excluding hydrogens is 280 g/mol. The van der Waals surface area contributed by atoms with Gasteiger partial charge in [-0.2, -0.15) is 0 Å². The first kappa shape index (κ1) is 13.7. The number of unbranched alkanes of at least 4 members (excludes halogenated alkanes) is 1. The molecule has 0 bridgehead atoms. The molecule has 0 aliphatic rings. The lowest BCUT2D eigenvalue weighted by Crippen LogP contribution is -1.90. The second kappa shape index (κ2) is 5.95. The predicted molar refractivity (Wildman–Crippen MR) is 83.5 cm³/mol. The third-order valence-corrected chi connectivity index (χ3v) is 5.66. The summed E-state index contributed by atoms with van der Waals surface area (Å²) in [5.41, 5.74) is 4.24. The average Bonchev–Trinajstić information content (AvgIpc) is 2.77. The summed E-state index contributed by atoms with van der Waals surface area (Å²) in [6, 6.07) is 4.11. The summed E-state index contributed by atoms with van der Waals surface area (Å²) in [6.45, 7) is 4.11. The van der Waals surface area contributed by atoms with Crippen molar-refractivity contribution in [3.63, 3.8) is 0 Å². The van der Waals surface area contributed by atoms with Gasteiger partial charge in [-0.25, -0.2) is 0 Å². The smallest absolute Gasteiger partial charge is 0.121 e. The first-order valence-electron chi connectivity index (χ1n) is 6.04. The molecule has 1 aromatic carbocycles. The summed E-state index contributed by atoms with van der Waals surface area (Å²) in [6.07, 6.45) is 3.16. The Labute approximate surface area is 120 Å². The highest BCUT2D eigenvalue weighted by molar-refractivity contribution is 7.79. The minimum atomic E-state index is 0.442. The van der Waals surface area contributed by atoms with Gasteiger partial charge in [0, 0.05) is 10.9 Å². The molecule has 0 saturated heterocycles. The minimum absolute atomic E-state index is 0.442. The van der Waals surface area contributed by atoms with Crippen LogP contribution in [0.25, 0.3) is 11.1 Å². The van der Waals surface area contributed by atoms with Crippen molar-refractivity contribution in [1.29, 1.82) is 0 Å². The zero-order valence-corrected chi connectivity index (χ0v) is 13.0. The summed E-state index contributed by atoms with van der Waals surface area (Å²) < 4.78 is 0.937. The zero-order valence-electron chi connectivity index (χ0n) is 10.5. The third kappa shape index (κ3) is 2.82. The molecule has 0 atom stereocenters. The van der Waals surface area contributed by atoms with Crippen molar-refractivity contribution >= 4 is 32.9 Å². The molecule has 0 unspecified atom stereocenters. The molecule has 2 aromatic rings. The van der Waals surface area contributed by atoms with Gasteiger partial charge in [0.15, 0.2) is 0 Å². The third-order valence-electron chi connectivity index (χ3n) is 3.00. The minimum Gasteiger partial charge on any atom is -0.507 e. The number of benzene rings is 1. The van der Waals surface area contributed by atoms with Gasteiger partial charge in [-0.1, -0.05) is 46.2 Å². The molecule has 0 radical (unpaired) electrons. The van der Waals surface area contributed by atoms with Crippen molar-refractivity contribution in [2.75, 3.05) is 0 Å². The van der Waals surface area contributed by atoms with E-state index in [0.717, 1.165) is 45.3 Å². The molecule has 1 nitrogen and oxygen atoms in total. The van der Waals surface area contributed by atoms with Crippen LogP contribution in [0.15, 0.2) is 17.5 Å². The van der Waals surface area contributed by atoms with E-state index in [0.29, 0.717) is 5.75 Å². The maximum atomic E-state index is 10.1. The van der Waals surface area contributed by atoms with Crippen molar-refractivity contribution in [2.24, 2.45) is 0 Å². The van der Waals surface area contributed by atoms with Gasteiger partial charge in [-0.05, 0) is 48.6 Å². The van der Waals surface area contributed by atoms with Crippen molar-refractivity contribution in [3.05, 3.63) is 32.5 Å².